The van der Waals surface area contributed by atoms with Crippen LogP contribution in [0.4, 0.5) is 0 Å². The van der Waals surface area contributed by atoms with Gasteiger partial charge in [0.2, 0.25) is 0 Å². The highest BCUT2D eigenvalue weighted by Crippen LogP contribution is 2.32. The quantitative estimate of drug-likeness (QED) is 0.890. The largest absolute Gasteiger partial charge is 0.456 e. The Hall–Kier alpha value is -1.32. The van der Waals surface area contributed by atoms with Gasteiger partial charge >= 0.3 is 0 Å². The first-order valence-electron chi connectivity index (χ1n) is 6.28. The maximum absolute atomic E-state index is 5.99. The number of aryl methyl sites for hydroxylation is 2. The van der Waals surface area contributed by atoms with Gasteiger partial charge in [-0.15, -0.1) is 0 Å². The molecule has 0 saturated carbocycles. The van der Waals surface area contributed by atoms with Crippen molar-refractivity contribution in [2.45, 2.75) is 20.4 Å². The van der Waals surface area contributed by atoms with Gasteiger partial charge < -0.3 is 10.1 Å². The maximum atomic E-state index is 5.99. The Morgan fingerprint density at radius 2 is 1.84 bits per heavy atom. The first-order chi connectivity index (χ1) is 9.10. The monoisotopic (exact) mass is 319 g/mol. The maximum Gasteiger partial charge on any atom is 0.141 e. The Bertz CT molecular complexity index is 581. The summed E-state index contributed by atoms with van der Waals surface area (Å²) in [5.74, 6) is 1.75. The van der Waals surface area contributed by atoms with E-state index in [0.717, 1.165) is 28.1 Å². The molecule has 0 saturated heterocycles. The van der Waals surface area contributed by atoms with Crippen molar-refractivity contribution in [3.63, 3.8) is 0 Å². The van der Waals surface area contributed by atoms with Gasteiger partial charge in [-0.25, -0.2) is 0 Å². The van der Waals surface area contributed by atoms with E-state index in [1.807, 2.05) is 13.1 Å². The molecule has 0 spiro atoms. The van der Waals surface area contributed by atoms with Gasteiger partial charge in [0.15, 0.2) is 0 Å². The molecule has 2 nitrogen and oxygen atoms in total. The molecule has 3 heteroatoms. The summed E-state index contributed by atoms with van der Waals surface area (Å²) >= 11 is 3.56. The molecule has 2 rings (SSSR count). The molecular weight excluding hydrogens is 302 g/mol. The standard InChI is InChI=1S/C16H18BrNO/c1-11-4-5-12(2)16(8-11)19-15-7-6-13(10-18-3)9-14(15)17/h4-9,18H,10H2,1-3H3. The minimum atomic E-state index is 0.841. The molecule has 2 aromatic carbocycles. The van der Waals surface area contributed by atoms with Gasteiger partial charge in [0.05, 0.1) is 4.47 Å². The normalized spacial score (nSPS) is 10.5. The third-order valence-corrected chi connectivity index (χ3v) is 3.56. The van der Waals surface area contributed by atoms with Crippen LogP contribution in [0.25, 0.3) is 0 Å². The fourth-order valence-corrected chi connectivity index (χ4v) is 2.38. The van der Waals surface area contributed by atoms with Crippen molar-refractivity contribution in [2.75, 3.05) is 7.05 Å². The molecule has 0 aliphatic heterocycles. The van der Waals surface area contributed by atoms with Gasteiger partial charge in [-0.1, -0.05) is 18.2 Å². The van der Waals surface area contributed by atoms with Crippen molar-refractivity contribution < 1.29 is 4.74 Å². The van der Waals surface area contributed by atoms with Crippen LogP contribution in [0, 0.1) is 13.8 Å². The van der Waals surface area contributed by atoms with E-state index >= 15 is 0 Å². The van der Waals surface area contributed by atoms with Crippen molar-refractivity contribution in [2.24, 2.45) is 0 Å². The highest BCUT2D eigenvalue weighted by Gasteiger charge is 2.06. The van der Waals surface area contributed by atoms with E-state index in [0.29, 0.717) is 0 Å². The molecule has 0 heterocycles. The van der Waals surface area contributed by atoms with Crippen LogP contribution in [0.2, 0.25) is 0 Å². The SMILES string of the molecule is CNCc1ccc(Oc2cc(C)ccc2C)c(Br)c1. The first kappa shape index (κ1) is 14.1. The summed E-state index contributed by atoms with van der Waals surface area (Å²) in [6, 6.07) is 12.4. The average Bonchev–Trinajstić information content (AvgIpc) is 2.37. The number of hydrogen-bond acceptors (Lipinski definition) is 2. The predicted octanol–water partition coefficient (Wildman–Crippen LogP) is 4.58. The highest BCUT2D eigenvalue weighted by molar-refractivity contribution is 9.10. The van der Waals surface area contributed by atoms with Crippen LogP contribution in [0.1, 0.15) is 16.7 Å². The zero-order valence-corrected chi connectivity index (χ0v) is 13.0. The highest BCUT2D eigenvalue weighted by atomic mass is 79.9. The van der Waals surface area contributed by atoms with E-state index in [2.05, 4.69) is 65.4 Å². The van der Waals surface area contributed by atoms with Gasteiger partial charge in [-0.2, -0.15) is 0 Å². The van der Waals surface area contributed by atoms with E-state index < -0.39 is 0 Å². The molecule has 0 bridgehead atoms. The molecule has 0 unspecified atom stereocenters. The summed E-state index contributed by atoms with van der Waals surface area (Å²) in [7, 11) is 1.94. The second-order valence-electron chi connectivity index (χ2n) is 4.67. The fraction of sp³-hybridized carbons (Fsp3) is 0.250. The van der Waals surface area contributed by atoms with E-state index in [-0.39, 0.29) is 0 Å². The van der Waals surface area contributed by atoms with Gasteiger partial charge in [0, 0.05) is 6.54 Å². The number of ether oxygens (including phenoxy) is 1. The van der Waals surface area contributed by atoms with Crippen LogP contribution >= 0.6 is 15.9 Å². The molecule has 0 aliphatic rings. The van der Waals surface area contributed by atoms with Crippen LogP contribution in [0.15, 0.2) is 40.9 Å². The molecule has 0 radical (unpaired) electrons. The lowest BCUT2D eigenvalue weighted by Crippen LogP contribution is -2.04. The Balaban J connectivity index is 2.25. The Morgan fingerprint density at radius 3 is 2.53 bits per heavy atom. The van der Waals surface area contributed by atoms with Crippen molar-refractivity contribution in [1.29, 1.82) is 0 Å². The second-order valence-corrected chi connectivity index (χ2v) is 5.52. The van der Waals surface area contributed by atoms with Crippen LogP contribution in [0.3, 0.4) is 0 Å². The zero-order valence-electron chi connectivity index (χ0n) is 11.5. The molecule has 100 valence electrons. The molecule has 0 atom stereocenters. The van der Waals surface area contributed by atoms with Crippen LogP contribution in [0.5, 0.6) is 11.5 Å². The zero-order chi connectivity index (χ0) is 13.8. The molecule has 0 aromatic heterocycles. The van der Waals surface area contributed by atoms with Crippen LogP contribution in [-0.4, -0.2) is 7.05 Å². The number of halogens is 1. The van der Waals surface area contributed by atoms with Crippen LogP contribution < -0.4 is 10.1 Å². The van der Waals surface area contributed by atoms with Crippen molar-refractivity contribution in [3.05, 3.63) is 57.6 Å². The number of rotatable bonds is 4. The number of hydrogen-bond donors (Lipinski definition) is 1. The molecule has 1 N–H and O–H groups in total. The first-order valence-corrected chi connectivity index (χ1v) is 7.07. The summed E-state index contributed by atoms with van der Waals surface area (Å²) < 4.78 is 6.96. The Labute approximate surface area is 122 Å². The molecule has 0 aliphatic carbocycles. The van der Waals surface area contributed by atoms with Gasteiger partial charge in [0.25, 0.3) is 0 Å². The lowest BCUT2D eigenvalue weighted by atomic mass is 10.1. The van der Waals surface area contributed by atoms with Gasteiger partial charge in [-0.05, 0) is 71.7 Å². The number of nitrogens with one attached hydrogen (secondary N) is 1. The summed E-state index contributed by atoms with van der Waals surface area (Å²) in [6.07, 6.45) is 0. The summed E-state index contributed by atoms with van der Waals surface area (Å²) in [5.41, 5.74) is 3.56. The molecule has 19 heavy (non-hydrogen) atoms. The summed E-state index contributed by atoms with van der Waals surface area (Å²) in [5, 5.41) is 3.14. The second kappa shape index (κ2) is 6.22. The van der Waals surface area contributed by atoms with Crippen molar-refractivity contribution >= 4 is 15.9 Å². The smallest absolute Gasteiger partial charge is 0.141 e. The van der Waals surface area contributed by atoms with E-state index in [4.69, 9.17) is 4.74 Å². The Morgan fingerprint density at radius 1 is 1.05 bits per heavy atom. The lowest BCUT2D eigenvalue weighted by molar-refractivity contribution is 0.475. The minimum Gasteiger partial charge on any atom is -0.456 e. The Kier molecular flexibility index (Phi) is 4.61. The molecule has 2 aromatic rings. The summed E-state index contributed by atoms with van der Waals surface area (Å²) in [4.78, 5) is 0. The molecular formula is C16H18BrNO. The molecule has 0 fully saturated rings. The topological polar surface area (TPSA) is 21.3 Å². The van der Waals surface area contributed by atoms with Crippen LogP contribution in [-0.2, 0) is 6.54 Å². The number of benzene rings is 2. The average molecular weight is 320 g/mol. The fourth-order valence-electron chi connectivity index (χ4n) is 1.88. The van der Waals surface area contributed by atoms with Crippen molar-refractivity contribution in [3.8, 4) is 11.5 Å². The van der Waals surface area contributed by atoms with Gasteiger partial charge in [0.1, 0.15) is 11.5 Å². The van der Waals surface area contributed by atoms with Gasteiger partial charge in [-0.3, -0.25) is 0 Å². The summed E-state index contributed by atoms with van der Waals surface area (Å²) in [6.45, 7) is 4.97. The van der Waals surface area contributed by atoms with E-state index in [1.54, 1.807) is 0 Å². The minimum absolute atomic E-state index is 0.841. The molecule has 0 amide bonds. The third-order valence-electron chi connectivity index (χ3n) is 2.94. The van der Waals surface area contributed by atoms with E-state index in [9.17, 15) is 0 Å². The third kappa shape index (κ3) is 3.58. The van der Waals surface area contributed by atoms with Crippen molar-refractivity contribution in [1.82, 2.24) is 5.32 Å². The lowest BCUT2D eigenvalue weighted by Gasteiger charge is -2.12. The predicted molar refractivity (Wildman–Crippen MR) is 82.9 cm³/mol. The van der Waals surface area contributed by atoms with E-state index in [1.165, 1.54) is 11.1 Å².